The Balaban J connectivity index is 1.38. The van der Waals surface area contributed by atoms with E-state index < -0.39 is 17.3 Å². The van der Waals surface area contributed by atoms with Gasteiger partial charge < -0.3 is 20.3 Å². The predicted octanol–water partition coefficient (Wildman–Crippen LogP) is 4.71. The van der Waals surface area contributed by atoms with Crippen LogP contribution < -0.4 is 5.73 Å². The number of nitrogens with zero attached hydrogens (tertiary/aromatic N) is 5. The average molecular weight is 539 g/mol. The summed E-state index contributed by atoms with van der Waals surface area (Å²) >= 11 is 0. The van der Waals surface area contributed by atoms with Crippen molar-refractivity contribution in [2.24, 2.45) is 10.9 Å². The van der Waals surface area contributed by atoms with E-state index in [-0.39, 0.29) is 24.6 Å². The minimum atomic E-state index is -4.50. The highest BCUT2D eigenvalue weighted by Gasteiger charge is 2.46. The number of aliphatic imine (C=N–C) groups is 1. The summed E-state index contributed by atoms with van der Waals surface area (Å²) in [5.41, 5.74) is 5.64. The fourth-order valence-corrected chi connectivity index (χ4v) is 5.27. The topological polar surface area (TPSA) is 96.9 Å². The lowest BCUT2D eigenvalue weighted by Crippen LogP contribution is -2.43. The molecule has 0 saturated carbocycles. The van der Waals surface area contributed by atoms with E-state index in [0.717, 1.165) is 23.5 Å². The molecule has 204 valence electrons. The molecule has 39 heavy (non-hydrogen) atoms. The highest BCUT2D eigenvalue weighted by atomic mass is 19.4. The molecular weight excluding hydrogens is 509 g/mol. The Hall–Kier alpha value is -4.15. The zero-order valence-electron chi connectivity index (χ0n) is 21.4. The van der Waals surface area contributed by atoms with Gasteiger partial charge in [0.25, 0.3) is 0 Å². The second-order valence-electron chi connectivity index (χ2n) is 9.87. The van der Waals surface area contributed by atoms with Crippen molar-refractivity contribution in [2.75, 3.05) is 32.4 Å². The van der Waals surface area contributed by atoms with Crippen molar-refractivity contribution in [3.05, 3.63) is 89.2 Å². The summed E-state index contributed by atoms with van der Waals surface area (Å²) in [6.07, 6.45) is -2.09. The van der Waals surface area contributed by atoms with Crippen LogP contribution in [0.2, 0.25) is 0 Å². The number of hydrogen-bond donors (Lipinski definition) is 1. The van der Waals surface area contributed by atoms with E-state index in [1.54, 1.807) is 17.0 Å². The maximum atomic E-state index is 13.6. The van der Waals surface area contributed by atoms with Gasteiger partial charge in [-0.25, -0.2) is 14.8 Å². The first kappa shape index (κ1) is 26.5. The first-order valence-corrected chi connectivity index (χ1v) is 12.7. The van der Waals surface area contributed by atoms with E-state index in [1.165, 1.54) is 12.3 Å². The molecule has 8 nitrogen and oxygen atoms in total. The van der Waals surface area contributed by atoms with Gasteiger partial charge in [-0.1, -0.05) is 42.5 Å². The van der Waals surface area contributed by atoms with Crippen LogP contribution in [0.15, 0.2) is 71.9 Å². The first-order valence-electron chi connectivity index (χ1n) is 12.7. The van der Waals surface area contributed by atoms with Crippen molar-refractivity contribution in [1.82, 2.24) is 19.8 Å². The Bertz CT molecular complexity index is 1360. The molecule has 0 bridgehead atoms. The Morgan fingerprint density at radius 3 is 2.54 bits per heavy atom. The van der Waals surface area contributed by atoms with Crippen LogP contribution >= 0.6 is 0 Å². The number of rotatable bonds is 5. The molecule has 1 fully saturated rings. The number of nitrogens with two attached hydrogens (primary N) is 1. The number of alkyl halides is 3. The Kier molecular flexibility index (Phi) is 7.16. The van der Waals surface area contributed by atoms with Crippen LogP contribution in [0, 0.1) is 5.92 Å². The molecule has 1 saturated heterocycles. The van der Waals surface area contributed by atoms with Crippen molar-refractivity contribution in [1.29, 1.82) is 0 Å². The van der Waals surface area contributed by atoms with Crippen molar-refractivity contribution in [3.63, 3.8) is 0 Å². The molecule has 3 heterocycles. The summed E-state index contributed by atoms with van der Waals surface area (Å²) < 4.78 is 46.3. The van der Waals surface area contributed by atoms with Crippen LogP contribution in [0.5, 0.6) is 0 Å². The Labute approximate surface area is 224 Å². The molecular formula is C28H29F3N6O2. The van der Waals surface area contributed by atoms with Crippen LogP contribution in [0.1, 0.15) is 35.2 Å². The molecule has 3 aromatic rings. The molecule has 5 rings (SSSR count). The van der Waals surface area contributed by atoms with Gasteiger partial charge in [-0.15, -0.1) is 0 Å². The van der Waals surface area contributed by atoms with E-state index >= 15 is 0 Å². The maximum absolute atomic E-state index is 13.6. The fraction of sp³-hybridized carbons (Fsp3) is 0.357. The number of aromatic nitrogens is 2. The molecule has 2 aliphatic heterocycles. The minimum absolute atomic E-state index is 0.0139. The molecule has 0 aliphatic carbocycles. The summed E-state index contributed by atoms with van der Waals surface area (Å²) in [5.74, 6) is 0.800. The van der Waals surface area contributed by atoms with Gasteiger partial charge in [0.2, 0.25) is 5.95 Å². The standard InChI is InChI=1S/C28H29F3N6O2/c1-36-18-27(23-10-13-33-25(32)34-23,21-8-5-9-22(16-21)28(29,30)31)35-24(36)20-11-14-37(15-12-20)26(38)39-17-19-6-3-2-4-7-19/h2-10,13,16,20H,11-12,14-15,17-18H2,1H3,(H2,32,33,34). The quantitative estimate of drug-likeness (QED) is 0.505. The fourth-order valence-electron chi connectivity index (χ4n) is 5.27. The van der Waals surface area contributed by atoms with Gasteiger partial charge in [0.1, 0.15) is 18.0 Å². The second-order valence-corrected chi connectivity index (χ2v) is 9.87. The lowest BCUT2D eigenvalue weighted by molar-refractivity contribution is -0.137. The number of likely N-dealkylation sites (N-methyl/N-ethyl adjacent to an activating group) is 1. The number of anilines is 1. The molecule has 0 radical (unpaired) electrons. The van der Waals surface area contributed by atoms with Gasteiger partial charge in [-0.2, -0.15) is 13.2 Å². The molecule has 2 aromatic carbocycles. The number of carbonyl (C=O) groups is 1. The third kappa shape index (κ3) is 5.52. The van der Waals surface area contributed by atoms with E-state index in [0.29, 0.717) is 43.7 Å². The number of ether oxygens (including phenoxy) is 1. The highest BCUT2D eigenvalue weighted by Crippen LogP contribution is 2.42. The first-order chi connectivity index (χ1) is 18.7. The zero-order chi connectivity index (χ0) is 27.6. The van der Waals surface area contributed by atoms with E-state index in [9.17, 15) is 18.0 Å². The molecule has 1 amide bonds. The largest absolute Gasteiger partial charge is 0.445 e. The predicted molar refractivity (Wildman–Crippen MR) is 140 cm³/mol. The molecule has 1 unspecified atom stereocenters. The minimum Gasteiger partial charge on any atom is -0.445 e. The van der Waals surface area contributed by atoms with Crippen LogP contribution in [0.25, 0.3) is 0 Å². The van der Waals surface area contributed by atoms with Gasteiger partial charge in [0.05, 0.1) is 17.8 Å². The maximum Gasteiger partial charge on any atom is 0.416 e. The number of amidine groups is 1. The van der Waals surface area contributed by atoms with Crippen molar-refractivity contribution < 1.29 is 22.7 Å². The van der Waals surface area contributed by atoms with Crippen molar-refractivity contribution in [2.45, 2.75) is 31.2 Å². The van der Waals surface area contributed by atoms with E-state index in [4.69, 9.17) is 15.5 Å². The molecule has 1 atom stereocenters. The summed E-state index contributed by atoms with van der Waals surface area (Å²) in [5, 5.41) is 0. The number of halogens is 3. The SMILES string of the molecule is CN1CC(c2cccc(C(F)(F)F)c2)(c2ccnc(N)n2)N=C1C1CCN(C(=O)OCc2ccccc2)CC1. The number of benzene rings is 2. The van der Waals surface area contributed by atoms with E-state index in [1.807, 2.05) is 42.3 Å². The number of likely N-dealkylation sites (tertiary alicyclic amines) is 1. The van der Waals surface area contributed by atoms with Gasteiger partial charge in [-0.05, 0) is 42.2 Å². The monoisotopic (exact) mass is 538 g/mol. The molecule has 0 spiro atoms. The van der Waals surface area contributed by atoms with Gasteiger partial charge in [0.15, 0.2) is 0 Å². The summed E-state index contributed by atoms with van der Waals surface area (Å²) in [6.45, 7) is 1.47. The number of carbonyl (C=O) groups excluding carboxylic acids is 1. The molecule has 1 aromatic heterocycles. The number of piperidine rings is 1. The number of nitrogen functional groups attached to an aromatic ring is 1. The number of hydrogen-bond acceptors (Lipinski definition) is 7. The summed E-state index contributed by atoms with van der Waals surface area (Å²) in [7, 11) is 1.87. The lowest BCUT2D eigenvalue weighted by atomic mass is 9.86. The van der Waals surface area contributed by atoms with Crippen molar-refractivity contribution in [3.8, 4) is 0 Å². The van der Waals surface area contributed by atoms with Crippen molar-refractivity contribution >= 4 is 17.9 Å². The smallest absolute Gasteiger partial charge is 0.416 e. The molecule has 2 N–H and O–H groups in total. The lowest BCUT2D eigenvalue weighted by Gasteiger charge is -2.33. The van der Waals surface area contributed by atoms with Gasteiger partial charge >= 0.3 is 12.3 Å². The van der Waals surface area contributed by atoms with Crippen LogP contribution in [-0.4, -0.2) is 58.4 Å². The zero-order valence-corrected chi connectivity index (χ0v) is 21.4. The molecule has 2 aliphatic rings. The Morgan fingerprint density at radius 2 is 1.85 bits per heavy atom. The summed E-state index contributed by atoms with van der Waals surface area (Å²) in [6, 6.07) is 16.3. The Morgan fingerprint density at radius 1 is 1.10 bits per heavy atom. The normalized spacial score (nSPS) is 20.2. The third-order valence-corrected chi connectivity index (χ3v) is 7.25. The van der Waals surface area contributed by atoms with Crippen LogP contribution in [-0.2, 0) is 23.1 Å². The van der Waals surface area contributed by atoms with Crippen LogP contribution in [0.3, 0.4) is 0 Å². The van der Waals surface area contributed by atoms with Gasteiger partial charge in [-0.3, -0.25) is 4.99 Å². The average Bonchev–Trinajstić information content (AvgIpc) is 3.30. The van der Waals surface area contributed by atoms with E-state index in [2.05, 4.69) is 9.97 Å². The second kappa shape index (κ2) is 10.5. The third-order valence-electron chi connectivity index (χ3n) is 7.25. The van der Waals surface area contributed by atoms with Gasteiger partial charge in [0, 0.05) is 32.3 Å². The van der Waals surface area contributed by atoms with Crippen LogP contribution in [0.4, 0.5) is 23.9 Å². The summed E-state index contributed by atoms with van der Waals surface area (Å²) in [4.78, 5) is 29.7. The molecule has 11 heteroatoms. The highest BCUT2D eigenvalue weighted by molar-refractivity contribution is 5.88. The number of amides is 1.